The van der Waals surface area contributed by atoms with Crippen LogP contribution in [0.25, 0.3) is 22.6 Å². The number of halogens is 1. The Balaban J connectivity index is 1.32. The number of carbonyl (C=O) groups is 1. The predicted molar refractivity (Wildman–Crippen MR) is 163 cm³/mol. The zero-order chi connectivity index (χ0) is 30.7. The first-order valence-electron chi connectivity index (χ1n) is 14.5. The van der Waals surface area contributed by atoms with Crippen molar-refractivity contribution < 1.29 is 23.4 Å². The number of amides is 1. The van der Waals surface area contributed by atoms with E-state index in [1.165, 1.54) is 12.1 Å². The zero-order valence-corrected chi connectivity index (χ0v) is 25.0. The van der Waals surface area contributed by atoms with Gasteiger partial charge in [0.15, 0.2) is 5.82 Å². The van der Waals surface area contributed by atoms with Crippen LogP contribution in [-0.4, -0.2) is 95.5 Å². The Kier molecular flexibility index (Phi) is 8.56. The molecule has 2 saturated heterocycles. The molecule has 1 unspecified atom stereocenters. The summed E-state index contributed by atoms with van der Waals surface area (Å²) in [5, 5.41) is 3.26. The van der Waals surface area contributed by atoms with Gasteiger partial charge in [0.1, 0.15) is 18.4 Å². The van der Waals surface area contributed by atoms with Gasteiger partial charge in [-0.05, 0) is 55.1 Å². The van der Waals surface area contributed by atoms with E-state index >= 15 is 0 Å². The standard InChI is InChI=1S/C32H36FN7O4/c1-32(18-43-20-44-19-32)26-17-39(2)14-15-40(26)30(41)29-37-27(22-6-8-23(33)9-7-22)28(38-29)25-12-13-34-31(36-25)35-16-21-4-10-24(42-3)11-5-21/h4-13,26H,14-20H2,1-3H3,(H,37,38)(H,34,35,36). The van der Waals surface area contributed by atoms with Crippen molar-refractivity contribution >= 4 is 11.9 Å². The van der Waals surface area contributed by atoms with Gasteiger partial charge in [0, 0.05) is 43.4 Å². The molecular weight excluding hydrogens is 565 g/mol. The van der Waals surface area contributed by atoms with Crippen molar-refractivity contribution in [3.05, 3.63) is 78.0 Å². The van der Waals surface area contributed by atoms with Crippen molar-refractivity contribution in [3.8, 4) is 28.4 Å². The van der Waals surface area contributed by atoms with Crippen molar-refractivity contribution in [2.75, 3.05) is 59.1 Å². The molecule has 1 atom stereocenters. The molecule has 0 bridgehead atoms. The fourth-order valence-corrected chi connectivity index (χ4v) is 5.72. The van der Waals surface area contributed by atoms with E-state index < -0.39 is 0 Å². The highest BCUT2D eigenvalue weighted by molar-refractivity contribution is 5.94. The molecular formula is C32H36FN7O4. The molecule has 6 rings (SSSR count). The number of nitrogens with one attached hydrogen (secondary N) is 2. The van der Waals surface area contributed by atoms with Crippen LogP contribution in [0.1, 0.15) is 23.1 Å². The molecule has 1 amide bonds. The fraction of sp³-hybridized carbons (Fsp3) is 0.375. The second-order valence-corrected chi connectivity index (χ2v) is 11.5. The molecule has 0 spiro atoms. The number of rotatable bonds is 8. The second kappa shape index (κ2) is 12.7. The van der Waals surface area contributed by atoms with E-state index in [0.29, 0.717) is 61.4 Å². The van der Waals surface area contributed by atoms with E-state index in [-0.39, 0.29) is 35.8 Å². The normalized spacial score (nSPS) is 18.6. The molecule has 2 aromatic carbocycles. The van der Waals surface area contributed by atoms with Gasteiger partial charge in [-0.3, -0.25) is 4.79 Å². The van der Waals surface area contributed by atoms with Crippen LogP contribution in [0.4, 0.5) is 10.3 Å². The summed E-state index contributed by atoms with van der Waals surface area (Å²) in [6, 6.07) is 15.4. The van der Waals surface area contributed by atoms with Crippen molar-refractivity contribution in [2.24, 2.45) is 5.41 Å². The molecule has 0 aliphatic carbocycles. The first-order valence-corrected chi connectivity index (χ1v) is 14.5. The molecule has 0 radical (unpaired) electrons. The largest absolute Gasteiger partial charge is 0.497 e. The summed E-state index contributed by atoms with van der Waals surface area (Å²) >= 11 is 0. The van der Waals surface area contributed by atoms with Gasteiger partial charge in [0.05, 0.1) is 43.4 Å². The number of benzene rings is 2. The van der Waals surface area contributed by atoms with Crippen LogP contribution >= 0.6 is 0 Å². The average Bonchev–Trinajstić information content (AvgIpc) is 3.50. The third-order valence-corrected chi connectivity index (χ3v) is 8.22. The lowest BCUT2D eigenvalue weighted by atomic mass is 9.81. The van der Waals surface area contributed by atoms with Gasteiger partial charge in [-0.25, -0.2) is 19.3 Å². The summed E-state index contributed by atoms with van der Waals surface area (Å²) in [4.78, 5) is 35.4. The van der Waals surface area contributed by atoms with Crippen LogP contribution in [0.3, 0.4) is 0 Å². The van der Waals surface area contributed by atoms with E-state index in [2.05, 4.69) is 34.2 Å². The Hall–Kier alpha value is -4.39. The van der Waals surface area contributed by atoms with Gasteiger partial charge in [-0.2, -0.15) is 0 Å². The highest BCUT2D eigenvalue weighted by Crippen LogP contribution is 2.34. The van der Waals surface area contributed by atoms with Crippen LogP contribution < -0.4 is 10.1 Å². The molecule has 2 aliphatic heterocycles. The third-order valence-electron chi connectivity index (χ3n) is 8.22. The van der Waals surface area contributed by atoms with Gasteiger partial charge in [-0.15, -0.1) is 0 Å². The lowest BCUT2D eigenvalue weighted by Crippen LogP contribution is -2.63. The maximum Gasteiger partial charge on any atom is 0.290 e. The van der Waals surface area contributed by atoms with Crippen molar-refractivity contribution in [1.82, 2.24) is 29.7 Å². The molecule has 2 N–H and O–H groups in total. The number of hydrogen-bond donors (Lipinski definition) is 2. The molecule has 4 heterocycles. The van der Waals surface area contributed by atoms with Gasteiger partial charge in [0.25, 0.3) is 5.91 Å². The smallest absolute Gasteiger partial charge is 0.290 e. The minimum Gasteiger partial charge on any atom is -0.497 e. The number of aromatic amines is 1. The monoisotopic (exact) mass is 601 g/mol. The number of methoxy groups -OCH3 is 1. The minimum atomic E-state index is -0.380. The summed E-state index contributed by atoms with van der Waals surface area (Å²) < 4.78 is 30.4. The summed E-state index contributed by atoms with van der Waals surface area (Å²) in [6.45, 7) is 5.78. The fourth-order valence-electron chi connectivity index (χ4n) is 5.72. The topological polar surface area (TPSA) is 118 Å². The predicted octanol–water partition coefficient (Wildman–Crippen LogP) is 4.06. The molecule has 0 saturated carbocycles. The maximum absolute atomic E-state index is 14.2. The Bertz CT molecular complexity index is 1590. The Morgan fingerprint density at radius 3 is 2.57 bits per heavy atom. The van der Waals surface area contributed by atoms with Crippen LogP contribution in [0, 0.1) is 11.2 Å². The van der Waals surface area contributed by atoms with Gasteiger partial charge in [0.2, 0.25) is 5.95 Å². The summed E-state index contributed by atoms with van der Waals surface area (Å²) in [5.41, 5.74) is 2.88. The quantitative estimate of drug-likeness (QED) is 0.308. The minimum absolute atomic E-state index is 0.148. The number of ether oxygens (including phenoxy) is 3. The highest BCUT2D eigenvalue weighted by atomic mass is 19.1. The maximum atomic E-state index is 14.2. The van der Waals surface area contributed by atoms with Crippen LogP contribution in [-0.2, 0) is 16.0 Å². The van der Waals surface area contributed by atoms with E-state index in [4.69, 9.17) is 24.2 Å². The Morgan fingerprint density at radius 2 is 1.84 bits per heavy atom. The number of aromatic nitrogens is 4. The molecule has 2 aromatic heterocycles. The number of likely N-dealkylation sites (N-methyl/N-ethyl adjacent to an activating group) is 1. The van der Waals surface area contributed by atoms with E-state index in [1.807, 2.05) is 29.2 Å². The van der Waals surface area contributed by atoms with Gasteiger partial charge >= 0.3 is 0 Å². The summed E-state index contributed by atoms with van der Waals surface area (Å²) in [7, 11) is 3.68. The molecule has 12 heteroatoms. The SMILES string of the molecule is COc1ccc(CNc2nccc(-c3[nH]c(C(=O)N4CCN(C)CC4C4(C)COCOC4)nc3-c3ccc(F)cc3)n2)cc1. The van der Waals surface area contributed by atoms with Crippen LogP contribution in [0.2, 0.25) is 0 Å². The lowest BCUT2D eigenvalue weighted by Gasteiger charge is -2.49. The second-order valence-electron chi connectivity index (χ2n) is 11.5. The number of nitrogens with zero attached hydrogens (tertiary/aromatic N) is 5. The Labute approximate surface area is 255 Å². The summed E-state index contributed by atoms with van der Waals surface area (Å²) in [5.74, 6) is 0.787. The van der Waals surface area contributed by atoms with Gasteiger partial charge in [-0.1, -0.05) is 19.1 Å². The zero-order valence-electron chi connectivity index (χ0n) is 25.0. The highest BCUT2D eigenvalue weighted by Gasteiger charge is 2.45. The van der Waals surface area contributed by atoms with Gasteiger partial charge < -0.3 is 34.3 Å². The lowest BCUT2D eigenvalue weighted by molar-refractivity contribution is -0.181. The molecule has 44 heavy (non-hydrogen) atoms. The molecule has 230 valence electrons. The number of hydrogen-bond acceptors (Lipinski definition) is 9. The summed E-state index contributed by atoms with van der Waals surface area (Å²) in [6.07, 6.45) is 1.65. The first kappa shape index (κ1) is 29.7. The van der Waals surface area contributed by atoms with E-state index in [0.717, 1.165) is 17.9 Å². The van der Waals surface area contributed by atoms with Crippen molar-refractivity contribution in [1.29, 1.82) is 0 Å². The Morgan fingerprint density at radius 1 is 1.09 bits per heavy atom. The van der Waals surface area contributed by atoms with E-state index in [1.54, 1.807) is 31.5 Å². The number of carbonyl (C=O) groups excluding carboxylic acids is 1. The average molecular weight is 602 g/mol. The number of H-pyrrole nitrogens is 1. The van der Waals surface area contributed by atoms with Crippen molar-refractivity contribution in [3.63, 3.8) is 0 Å². The molecule has 4 aromatic rings. The van der Waals surface area contributed by atoms with Crippen LogP contribution in [0.15, 0.2) is 60.8 Å². The third kappa shape index (κ3) is 6.28. The van der Waals surface area contributed by atoms with Crippen LogP contribution in [0.5, 0.6) is 5.75 Å². The van der Waals surface area contributed by atoms with E-state index in [9.17, 15) is 9.18 Å². The molecule has 2 aliphatic rings. The molecule has 2 fully saturated rings. The molecule has 11 nitrogen and oxygen atoms in total. The van der Waals surface area contributed by atoms with Crippen molar-refractivity contribution in [2.45, 2.75) is 19.5 Å². The number of anilines is 1. The number of imidazole rings is 1. The number of piperazine rings is 1. The first-order chi connectivity index (χ1) is 21.3.